The predicted molar refractivity (Wildman–Crippen MR) is 69.0 cm³/mol. The van der Waals surface area contributed by atoms with Crippen LogP contribution in [-0.2, 0) is 15.7 Å². The molecule has 1 amide bonds. The fourth-order valence-corrected chi connectivity index (χ4v) is 1.79. The lowest BCUT2D eigenvalue weighted by Crippen LogP contribution is -2.41. The minimum atomic E-state index is -4.40. The van der Waals surface area contributed by atoms with E-state index in [0.29, 0.717) is 13.2 Å². The zero-order valence-corrected chi connectivity index (χ0v) is 11.1. The molecule has 1 atom stereocenters. The number of ether oxygens (including phenoxy) is 2. The fraction of sp³-hybridized carbons (Fsp3) is 0.462. The van der Waals surface area contributed by atoms with Gasteiger partial charge >= 0.3 is 12.3 Å². The lowest BCUT2D eigenvalue weighted by molar-refractivity contribution is -0.137. The van der Waals surface area contributed by atoms with E-state index >= 15 is 0 Å². The third kappa shape index (κ3) is 4.91. The number of carbonyl (C=O) groups is 1. The number of nitrogens with one attached hydrogen (secondary N) is 2. The second kappa shape index (κ2) is 6.77. The van der Waals surface area contributed by atoms with Crippen molar-refractivity contribution in [3.05, 3.63) is 29.8 Å². The number of hydrogen-bond acceptors (Lipinski definition) is 4. The van der Waals surface area contributed by atoms with Crippen LogP contribution in [0.25, 0.3) is 0 Å². The number of morpholine rings is 1. The van der Waals surface area contributed by atoms with Crippen LogP contribution < -0.4 is 10.6 Å². The van der Waals surface area contributed by atoms with E-state index in [2.05, 4.69) is 10.6 Å². The largest absolute Gasteiger partial charge is 0.446 e. The average Bonchev–Trinajstić information content (AvgIpc) is 2.46. The van der Waals surface area contributed by atoms with E-state index in [4.69, 9.17) is 9.47 Å². The van der Waals surface area contributed by atoms with Gasteiger partial charge in [0, 0.05) is 18.8 Å². The molecule has 116 valence electrons. The molecule has 2 rings (SSSR count). The molecule has 1 aliphatic heterocycles. The molecule has 8 heteroatoms. The van der Waals surface area contributed by atoms with Gasteiger partial charge in [0.1, 0.15) is 12.7 Å². The smallest absolute Gasteiger partial charge is 0.416 e. The highest BCUT2D eigenvalue weighted by Gasteiger charge is 2.30. The van der Waals surface area contributed by atoms with Crippen LogP contribution in [0, 0.1) is 0 Å². The van der Waals surface area contributed by atoms with Crippen molar-refractivity contribution in [2.45, 2.75) is 12.3 Å². The molecule has 1 fully saturated rings. The lowest BCUT2D eigenvalue weighted by Gasteiger charge is -2.23. The van der Waals surface area contributed by atoms with Gasteiger partial charge in [-0.3, -0.25) is 5.32 Å². The van der Waals surface area contributed by atoms with Crippen LogP contribution >= 0.6 is 0 Å². The second-order valence-corrected chi connectivity index (χ2v) is 4.50. The summed E-state index contributed by atoms with van der Waals surface area (Å²) in [5.41, 5.74) is -0.543. The summed E-state index contributed by atoms with van der Waals surface area (Å²) >= 11 is 0. The van der Waals surface area contributed by atoms with Crippen molar-refractivity contribution in [3.8, 4) is 0 Å². The van der Waals surface area contributed by atoms with Gasteiger partial charge in [0.25, 0.3) is 0 Å². The Morgan fingerprint density at radius 2 is 2.10 bits per heavy atom. The Labute approximate surface area is 119 Å². The van der Waals surface area contributed by atoms with Crippen molar-refractivity contribution < 1.29 is 27.4 Å². The predicted octanol–water partition coefficient (Wildman–Crippen LogP) is 2.24. The minimum absolute atomic E-state index is 0.0828. The van der Waals surface area contributed by atoms with Crippen LogP contribution in [0.15, 0.2) is 24.3 Å². The highest BCUT2D eigenvalue weighted by atomic mass is 19.4. The first kappa shape index (κ1) is 15.6. The van der Waals surface area contributed by atoms with Gasteiger partial charge in [-0.1, -0.05) is 0 Å². The Kier molecular flexibility index (Phi) is 5.03. The van der Waals surface area contributed by atoms with Gasteiger partial charge in [0.2, 0.25) is 0 Å². The summed E-state index contributed by atoms with van der Waals surface area (Å²) in [6, 6.07) is 4.12. The van der Waals surface area contributed by atoms with Crippen molar-refractivity contribution in [1.29, 1.82) is 0 Å². The van der Waals surface area contributed by atoms with E-state index in [9.17, 15) is 18.0 Å². The molecule has 1 unspecified atom stereocenters. The van der Waals surface area contributed by atoms with Gasteiger partial charge in [-0.2, -0.15) is 13.2 Å². The number of carbonyl (C=O) groups excluding carboxylic acids is 1. The number of benzene rings is 1. The van der Waals surface area contributed by atoms with Crippen LogP contribution in [-0.4, -0.2) is 38.5 Å². The summed E-state index contributed by atoms with van der Waals surface area (Å²) in [6.07, 6.45) is -5.34. The number of amides is 1. The van der Waals surface area contributed by atoms with Crippen molar-refractivity contribution >= 4 is 11.8 Å². The highest BCUT2D eigenvalue weighted by molar-refractivity contribution is 5.84. The van der Waals surface area contributed by atoms with Gasteiger partial charge in [-0.15, -0.1) is 0 Å². The summed E-state index contributed by atoms with van der Waals surface area (Å²) in [5, 5.41) is 5.44. The topological polar surface area (TPSA) is 59.6 Å². The number of hydrogen-bond donors (Lipinski definition) is 2. The normalized spacial score (nSPS) is 19.1. The molecular weight excluding hydrogens is 289 g/mol. The molecule has 21 heavy (non-hydrogen) atoms. The van der Waals surface area contributed by atoms with Gasteiger partial charge in [0.05, 0.1) is 12.2 Å². The Morgan fingerprint density at radius 3 is 2.67 bits per heavy atom. The van der Waals surface area contributed by atoms with E-state index in [1.54, 1.807) is 0 Å². The molecule has 1 aliphatic rings. The first-order valence-electron chi connectivity index (χ1n) is 6.38. The molecule has 0 bridgehead atoms. The Balaban J connectivity index is 1.79. The Morgan fingerprint density at radius 1 is 1.38 bits per heavy atom. The van der Waals surface area contributed by atoms with Gasteiger partial charge < -0.3 is 14.8 Å². The number of rotatable bonds is 3. The maximum absolute atomic E-state index is 12.4. The van der Waals surface area contributed by atoms with Crippen LogP contribution in [0.1, 0.15) is 5.56 Å². The van der Waals surface area contributed by atoms with E-state index in [-0.39, 0.29) is 18.4 Å². The molecule has 1 heterocycles. The summed E-state index contributed by atoms with van der Waals surface area (Å²) in [4.78, 5) is 11.5. The quantitative estimate of drug-likeness (QED) is 0.899. The van der Waals surface area contributed by atoms with Crippen molar-refractivity contribution in [2.24, 2.45) is 0 Å². The zero-order chi connectivity index (χ0) is 15.3. The van der Waals surface area contributed by atoms with E-state index in [1.165, 1.54) is 12.1 Å². The molecule has 0 saturated carbocycles. The number of anilines is 1. The third-order valence-corrected chi connectivity index (χ3v) is 2.86. The van der Waals surface area contributed by atoms with Crippen molar-refractivity contribution in [3.63, 3.8) is 0 Å². The SMILES string of the molecule is O=C(Nc1ccc(C(F)(F)F)cc1)OCC1CNCCO1. The van der Waals surface area contributed by atoms with E-state index in [0.717, 1.165) is 18.7 Å². The average molecular weight is 304 g/mol. The van der Waals surface area contributed by atoms with Crippen molar-refractivity contribution in [2.75, 3.05) is 31.6 Å². The molecular formula is C13H15F3N2O3. The molecule has 0 aromatic heterocycles. The van der Waals surface area contributed by atoms with Crippen LogP contribution in [0.5, 0.6) is 0 Å². The van der Waals surface area contributed by atoms with Gasteiger partial charge in [-0.05, 0) is 24.3 Å². The summed E-state index contributed by atoms with van der Waals surface area (Å²) in [6.45, 7) is 1.98. The van der Waals surface area contributed by atoms with Crippen LogP contribution in [0.2, 0.25) is 0 Å². The highest BCUT2D eigenvalue weighted by Crippen LogP contribution is 2.29. The third-order valence-electron chi connectivity index (χ3n) is 2.86. The first-order chi connectivity index (χ1) is 9.95. The molecule has 5 nitrogen and oxygen atoms in total. The molecule has 2 N–H and O–H groups in total. The van der Waals surface area contributed by atoms with Crippen LogP contribution in [0.4, 0.5) is 23.7 Å². The standard InChI is InChI=1S/C13H15F3N2O3/c14-13(15,16)9-1-3-10(4-2-9)18-12(19)21-8-11-7-17-5-6-20-11/h1-4,11,17H,5-8H2,(H,18,19). The second-order valence-electron chi connectivity index (χ2n) is 4.50. The van der Waals surface area contributed by atoms with Gasteiger partial charge in [-0.25, -0.2) is 4.79 Å². The minimum Gasteiger partial charge on any atom is -0.446 e. The van der Waals surface area contributed by atoms with Crippen molar-refractivity contribution in [1.82, 2.24) is 5.32 Å². The van der Waals surface area contributed by atoms with E-state index < -0.39 is 17.8 Å². The Bertz CT molecular complexity index is 471. The molecule has 0 aliphatic carbocycles. The fourth-order valence-electron chi connectivity index (χ4n) is 1.79. The maximum Gasteiger partial charge on any atom is 0.416 e. The summed E-state index contributed by atoms with van der Waals surface area (Å²) in [5.74, 6) is 0. The first-order valence-corrected chi connectivity index (χ1v) is 6.38. The van der Waals surface area contributed by atoms with Gasteiger partial charge in [0.15, 0.2) is 0 Å². The zero-order valence-electron chi connectivity index (χ0n) is 11.1. The lowest BCUT2D eigenvalue weighted by atomic mass is 10.2. The molecule has 0 radical (unpaired) electrons. The van der Waals surface area contributed by atoms with Crippen LogP contribution in [0.3, 0.4) is 0 Å². The number of halogens is 3. The summed E-state index contributed by atoms with van der Waals surface area (Å²) < 4.78 is 47.4. The van der Waals surface area contributed by atoms with E-state index in [1.807, 2.05) is 0 Å². The molecule has 1 aromatic rings. The Hall–Kier alpha value is -1.80. The summed E-state index contributed by atoms with van der Waals surface area (Å²) in [7, 11) is 0. The number of alkyl halides is 3. The molecule has 1 aromatic carbocycles. The monoisotopic (exact) mass is 304 g/mol. The molecule has 0 spiro atoms. The maximum atomic E-state index is 12.4. The molecule has 1 saturated heterocycles.